The molecule has 1 aromatic rings. The van der Waals surface area contributed by atoms with Gasteiger partial charge in [-0.1, -0.05) is 12.1 Å². The molecule has 0 aromatic heterocycles. The number of carbonyl (C=O) groups excluding carboxylic acids is 2. The van der Waals surface area contributed by atoms with E-state index in [1.807, 2.05) is 6.92 Å². The quantitative estimate of drug-likeness (QED) is 0.600. The van der Waals surface area contributed by atoms with Crippen LogP contribution in [-0.2, 0) is 9.53 Å². The fraction of sp³-hybridized carbons (Fsp3) is 0.385. The van der Waals surface area contributed by atoms with Crippen LogP contribution in [0, 0.1) is 0 Å². The molecule has 0 saturated carbocycles. The molecule has 110 valence electrons. The van der Waals surface area contributed by atoms with Gasteiger partial charge < -0.3 is 26.8 Å². The van der Waals surface area contributed by atoms with E-state index in [0.717, 1.165) is 5.56 Å². The van der Waals surface area contributed by atoms with Gasteiger partial charge in [0.1, 0.15) is 6.04 Å². The molecule has 0 aliphatic heterocycles. The molecule has 3 amide bonds. The first-order valence-corrected chi connectivity index (χ1v) is 6.15. The number of methoxy groups -OCH3 is 1. The van der Waals surface area contributed by atoms with Crippen molar-refractivity contribution in [3.63, 3.8) is 0 Å². The van der Waals surface area contributed by atoms with Crippen LogP contribution in [0.15, 0.2) is 24.3 Å². The average molecular weight is 280 g/mol. The number of benzene rings is 1. The first-order valence-electron chi connectivity index (χ1n) is 6.15. The lowest BCUT2D eigenvalue weighted by Crippen LogP contribution is -2.44. The third-order valence-corrected chi connectivity index (χ3v) is 2.72. The maximum atomic E-state index is 11.7. The Morgan fingerprint density at radius 2 is 1.90 bits per heavy atom. The molecule has 1 aromatic carbocycles. The molecular weight excluding hydrogens is 260 g/mol. The van der Waals surface area contributed by atoms with Gasteiger partial charge in [0.2, 0.25) is 5.91 Å². The van der Waals surface area contributed by atoms with E-state index in [2.05, 4.69) is 10.6 Å². The predicted octanol–water partition coefficient (Wildman–Crippen LogP) is 0.328. The topological polar surface area (TPSA) is 119 Å². The van der Waals surface area contributed by atoms with Crippen LogP contribution in [0.4, 0.5) is 10.5 Å². The molecule has 0 bridgehead atoms. The van der Waals surface area contributed by atoms with Crippen LogP contribution in [0.25, 0.3) is 0 Å². The number of amides is 3. The molecule has 0 saturated heterocycles. The summed E-state index contributed by atoms with van der Waals surface area (Å²) in [5.41, 5.74) is 12.1. The van der Waals surface area contributed by atoms with Gasteiger partial charge in [0.15, 0.2) is 0 Å². The van der Waals surface area contributed by atoms with Gasteiger partial charge in [-0.3, -0.25) is 4.79 Å². The summed E-state index contributed by atoms with van der Waals surface area (Å²) in [4.78, 5) is 22.4. The van der Waals surface area contributed by atoms with E-state index in [1.54, 1.807) is 24.3 Å². The molecule has 2 unspecified atom stereocenters. The number of hydrogen-bond donors (Lipinski definition) is 4. The Labute approximate surface area is 117 Å². The second-order valence-corrected chi connectivity index (χ2v) is 4.40. The minimum absolute atomic E-state index is 0.167. The Bertz CT molecular complexity index is 461. The zero-order valence-electron chi connectivity index (χ0n) is 11.6. The van der Waals surface area contributed by atoms with Crippen molar-refractivity contribution in [3.8, 4) is 0 Å². The van der Waals surface area contributed by atoms with Crippen LogP contribution in [0.2, 0.25) is 0 Å². The highest BCUT2D eigenvalue weighted by Gasteiger charge is 2.16. The highest BCUT2D eigenvalue weighted by Crippen LogP contribution is 2.16. The van der Waals surface area contributed by atoms with Crippen LogP contribution in [0.3, 0.4) is 0 Å². The Kier molecular flexibility index (Phi) is 5.95. The smallest absolute Gasteiger partial charge is 0.316 e. The number of ether oxygens (including phenoxy) is 1. The monoisotopic (exact) mass is 280 g/mol. The standard InChI is InChI=1S/C13H20N4O3/c1-8(16-12(18)11(14)7-20-2)9-3-5-10(6-4-9)17-13(15)19/h3-6,8,11H,7,14H2,1-2H3,(H,16,18)(H3,15,17,19). The molecule has 6 N–H and O–H groups in total. The Hall–Kier alpha value is -2.12. The zero-order valence-corrected chi connectivity index (χ0v) is 11.6. The molecular formula is C13H20N4O3. The fourth-order valence-corrected chi connectivity index (χ4v) is 1.66. The summed E-state index contributed by atoms with van der Waals surface area (Å²) >= 11 is 0. The normalized spacial score (nSPS) is 13.3. The van der Waals surface area contributed by atoms with Gasteiger partial charge in [-0.2, -0.15) is 0 Å². The highest BCUT2D eigenvalue weighted by atomic mass is 16.5. The van der Waals surface area contributed by atoms with Gasteiger partial charge >= 0.3 is 6.03 Å². The maximum absolute atomic E-state index is 11.7. The van der Waals surface area contributed by atoms with Crippen molar-refractivity contribution in [1.29, 1.82) is 0 Å². The van der Waals surface area contributed by atoms with Crippen molar-refractivity contribution in [1.82, 2.24) is 5.32 Å². The number of nitrogens with one attached hydrogen (secondary N) is 2. The lowest BCUT2D eigenvalue weighted by molar-refractivity contribution is -0.124. The summed E-state index contributed by atoms with van der Waals surface area (Å²) in [6.07, 6.45) is 0. The van der Waals surface area contributed by atoms with Gasteiger partial charge in [-0.05, 0) is 24.6 Å². The van der Waals surface area contributed by atoms with Gasteiger partial charge in [0.25, 0.3) is 0 Å². The lowest BCUT2D eigenvalue weighted by Gasteiger charge is -2.17. The van der Waals surface area contributed by atoms with E-state index in [1.165, 1.54) is 7.11 Å². The van der Waals surface area contributed by atoms with Gasteiger partial charge in [-0.15, -0.1) is 0 Å². The third kappa shape index (κ3) is 4.87. The predicted molar refractivity (Wildman–Crippen MR) is 76.1 cm³/mol. The van der Waals surface area contributed by atoms with Crippen molar-refractivity contribution in [2.75, 3.05) is 19.0 Å². The number of carbonyl (C=O) groups is 2. The highest BCUT2D eigenvalue weighted by molar-refractivity contribution is 5.87. The summed E-state index contributed by atoms with van der Waals surface area (Å²) in [5, 5.41) is 5.25. The molecule has 0 radical (unpaired) electrons. The van der Waals surface area contributed by atoms with E-state index in [-0.39, 0.29) is 18.6 Å². The summed E-state index contributed by atoms with van der Waals surface area (Å²) < 4.78 is 4.83. The van der Waals surface area contributed by atoms with Crippen molar-refractivity contribution < 1.29 is 14.3 Å². The average Bonchev–Trinajstić information content (AvgIpc) is 2.39. The van der Waals surface area contributed by atoms with Crippen molar-refractivity contribution in [2.45, 2.75) is 19.0 Å². The summed E-state index contributed by atoms with van der Waals surface area (Å²) in [5.74, 6) is -0.279. The fourth-order valence-electron chi connectivity index (χ4n) is 1.66. The third-order valence-electron chi connectivity index (χ3n) is 2.72. The summed E-state index contributed by atoms with van der Waals surface area (Å²) in [6, 6.07) is 5.47. The molecule has 20 heavy (non-hydrogen) atoms. The zero-order chi connectivity index (χ0) is 15.1. The number of nitrogens with two attached hydrogens (primary N) is 2. The summed E-state index contributed by atoms with van der Waals surface area (Å²) in [6.45, 7) is 2.01. The SMILES string of the molecule is COCC(N)C(=O)NC(C)c1ccc(NC(N)=O)cc1. The van der Waals surface area contributed by atoms with E-state index < -0.39 is 12.1 Å². The first-order chi connectivity index (χ1) is 9.43. The Morgan fingerprint density at radius 1 is 1.30 bits per heavy atom. The van der Waals surface area contributed by atoms with Crippen molar-refractivity contribution in [2.24, 2.45) is 11.5 Å². The van der Waals surface area contributed by atoms with E-state index in [0.29, 0.717) is 5.69 Å². The molecule has 0 aliphatic rings. The summed E-state index contributed by atoms with van der Waals surface area (Å²) in [7, 11) is 1.49. The van der Waals surface area contributed by atoms with Crippen LogP contribution >= 0.6 is 0 Å². The van der Waals surface area contributed by atoms with E-state index in [4.69, 9.17) is 16.2 Å². The number of anilines is 1. The molecule has 0 fully saturated rings. The van der Waals surface area contributed by atoms with Crippen LogP contribution in [0.5, 0.6) is 0 Å². The number of rotatable bonds is 6. The number of urea groups is 1. The van der Waals surface area contributed by atoms with Gasteiger partial charge in [-0.25, -0.2) is 4.79 Å². The van der Waals surface area contributed by atoms with Gasteiger partial charge in [0.05, 0.1) is 12.6 Å². The van der Waals surface area contributed by atoms with E-state index in [9.17, 15) is 9.59 Å². The van der Waals surface area contributed by atoms with Crippen LogP contribution in [-0.4, -0.2) is 31.7 Å². The van der Waals surface area contributed by atoms with Crippen molar-refractivity contribution in [3.05, 3.63) is 29.8 Å². The molecule has 2 atom stereocenters. The number of primary amides is 1. The van der Waals surface area contributed by atoms with Gasteiger partial charge in [0, 0.05) is 12.8 Å². The van der Waals surface area contributed by atoms with E-state index >= 15 is 0 Å². The minimum atomic E-state index is -0.696. The molecule has 0 heterocycles. The van der Waals surface area contributed by atoms with Crippen LogP contribution < -0.4 is 22.1 Å². The van der Waals surface area contributed by atoms with Crippen molar-refractivity contribution >= 4 is 17.6 Å². The molecule has 7 heteroatoms. The second-order valence-electron chi connectivity index (χ2n) is 4.40. The first kappa shape index (κ1) is 15.9. The Morgan fingerprint density at radius 3 is 2.40 bits per heavy atom. The largest absolute Gasteiger partial charge is 0.383 e. The Balaban J connectivity index is 2.61. The second kappa shape index (κ2) is 7.46. The lowest BCUT2D eigenvalue weighted by atomic mass is 10.1. The number of hydrogen-bond acceptors (Lipinski definition) is 4. The minimum Gasteiger partial charge on any atom is -0.383 e. The maximum Gasteiger partial charge on any atom is 0.316 e. The molecule has 1 rings (SSSR count). The molecule has 0 spiro atoms. The van der Waals surface area contributed by atoms with Crippen LogP contribution in [0.1, 0.15) is 18.5 Å². The molecule has 0 aliphatic carbocycles. The molecule has 7 nitrogen and oxygen atoms in total.